The van der Waals surface area contributed by atoms with Gasteiger partial charge in [0, 0.05) is 18.9 Å². The van der Waals surface area contributed by atoms with Crippen molar-refractivity contribution in [1.29, 1.82) is 0 Å². The Balaban J connectivity index is 1.52. The number of nitrogens with zero attached hydrogens (tertiary/aromatic N) is 1. The third-order valence-corrected chi connectivity index (χ3v) is 7.44. The van der Waals surface area contributed by atoms with Crippen LogP contribution in [0.25, 0.3) is 0 Å². The van der Waals surface area contributed by atoms with E-state index in [0.717, 1.165) is 43.1 Å². The van der Waals surface area contributed by atoms with Gasteiger partial charge in [0.15, 0.2) is 17.3 Å². The molecule has 7 nitrogen and oxygen atoms in total. The maximum absolute atomic E-state index is 12.9. The van der Waals surface area contributed by atoms with E-state index in [1.807, 2.05) is 6.08 Å². The van der Waals surface area contributed by atoms with Crippen molar-refractivity contribution in [2.45, 2.75) is 31.7 Å². The minimum atomic E-state index is -0.387. The summed E-state index contributed by atoms with van der Waals surface area (Å²) >= 11 is 0. The molecule has 0 spiro atoms. The Kier molecular flexibility index (Phi) is 6.70. The van der Waals surface area contributed by atoms with Crippen molar-refractivity contribution in [3.8, 4) is 11.5 Å². The Bertz CT molecular complexity index is 996. The van der Waals surface area contributed by atoms with Gasteiger partial charge in [-0.1, -0.05) is 6.08 Å². The number of allylic oxidation sites excluding steroid dienone is 4. The summed E-state index contributed by atoms with van der Waals surface area (Å²) in [5, 5.41) is 0. The second-order valence-corrected chi connectivity index (χ2v) is 8.88. The van der Waals surface area contributed by atoms with Crippen LogP contribution in [0.3, 0.4) is 0 Å². The predicted octanol–water partition coefficient (Wildman–Crippen LogP) is 4.31. The van der Waals surface area contributed by atoms with Crippen LogP contribution in [0.15, 0.2) is 53.7 Å². The zero-order valence-corrected chi connectivity index (χ0v) is 20.1. The van der Waals surface area contributed by atoms with Crippen molar-refractivity contribution < 1.29 is 28.5 Å². The van der Waals surface area contributed by atoms with E-state index >= 15 is 0 Å². The minimum Gasteiger partial charge on any atom is -0.497 e. The second-order valence-electron chi connectivity index (χ2n) is 8.88. The first kappa shape index (κ1) is 23.2. The van der Waals surface area contributed by atoms with Gasteiger partial charge in [-0.3, -0.25) is 0 Å². The number of carbonyl (C=O) groups excluding carboxylic acids is 1. The summed E-state index contributed by atoms with van der Waals surface area (Å²) in [6, 6.07) is 5.34. The van der Waals surface area contributed by atoms with Crippen LogP contribution in [-0.2, 0) is 14.2 Å². The fourth-order valence-electron chi connectivity index (χ4n) is 5.55. The number of carbonyl (C=O) groups is 1. The first-order valence-corrected chi connectivity index (χ1v) is 11.3. The molecular formula is C26H33NO6. The van der Waals surface area contributed by atoms with Crippen LogP contribution >= 0.6 is 0 Å². The van der Waals surface area contributed by atoms with E-state index in [2.05, 4.69) is 24.1 Å². The molecule has 4 rings (SSSR count). The summed E-state index contributed by atoms with van der Waals surface area (Å²) < 4.78 is 27.5. The van der Waals surface area contributed by atoms with Crippen LogP contribution in [0, 0.1) is 11.3 Å². The topological polar surface area (TPSA) is 66.5 Å². The zero-order valence-electron chi connectivity index (χ0n) is 20.1. The molecule has 1 aromatic carbocycles. The van der Waals surface area contributed by atoms with Gasteiger partial charge in [-0.2, -0.15) is 0 Å². The van der Waals surface area contributed by atoms with Crippen molar-refractivity contribution in [3.63, 3.8) is 0 Å². The Morgan fingerprint density at radius 3 is 2.52 bits per heavy atom. The third kappa shape index (κ3) is 4.22. The summed E-state index contributed by atoms with van der Waals surface area (Å²) in [4.78, 5) is 15.3. The number of benzene rings is 1. The molecule has 1 heterocycles. The molecule has 0 saturated carbocycles. The molecule has 1 saturated heterocycles. The lowest BCUT2D eigenvalue weighted by atomic mass is 9.62. The van der Waals surface area contributed by atoms with Crippen LogP contribution in [0.1, 0.15) is 36.0 Å². The molecule has 0 N–H and O–H groups in total. The van der Waals surface area contributed by atoms with Crippen LogP contribution < -0.4 is 9.47 Å². The molecule has 0 bridgehead atoms. The van der Waals surface area contributed by atoms with Gasteiger partial charge < -0.3 is 28.6 Å². The maximum atomic E-state index is 12.9. The number of likely N-dealkylation sites (tertiary alicyclic amines) is 1. The highest BCUT2D eigenvalue weighted by molar-refractivity contribution is 5.91. The molecule has 178 valence electrons. The minimum absolute atomic E-state index is 0.0769. The first-order chi connectivity index (χ1) is 15.9. The third-order valence-electron chi connectivity index (χ3n) is 7.44. The average molecular weight is 456 g/mol. The number of esters is 1. The van der Waals surface area contributed by atoms with E-state index in [0.29, 0.717) is 29.4 Å². The van der Waals surface area contributed by atoms with Crippen LogP contribution in [0.2, 0.25) is 0 Å². The molecule has 3 atom stereocenters. The van der Waals surface area contributed by atoms with E-state index in [-0.39, 0.29) is 17.4 Å². The number of ether oxygens (including phenoxy) is 5. The summed E-state index contributed by atoms with van der Waals surface area (Å²) in [5.41, 5.74) is 0.510. The molecule has 0 radical (unpaired) electrons. The first-order valence-electron chi connectivity index (χ1n) is 11.3. The molecule has 2 aliphatic carbocycles. The van der Waals surface area contributed by atoms with Crippen LogP contribution in [0.5, 0.6) is 11.5 Å². The molecule has 0 aromatic heterocycles. The van der Waals surface area contributed by atoms with Crippen molar-refractivity contribution in [2.24, 2.45) is 11.3 Å². The Morgan fingerprint density at radius 1 is 1.03 bits per heavy atom. The molecule has 1 fully saturated rings. The zero-order chi connectivity index (χ0) is 23.6. The van der Waals surface area contributed by atoms with E-state index in [9.17, 15) is 4.79 Å². The highest BCUT2D eigenvalue weighted by Crippen LogP contribution is 2.54. The molecule has 1 aromatic rings. The highest BCUT2D eigenvalue weighted by atomic mass is 16.5. The lowest BCUT2D eigenvalue weighted by Gasteiger charge is -2.45. The molecule has 0 amide bonds. The maximum Gasteiger partial charge on any atom is 0.343 e. The quantitative estimate of drug-likeness (QED) is 0.568. The van der Waals surface area contributed by atoms with E-state index in [1.165, 1.54) is 0 Å². The molecular weight excluding hydrogens is 422 g/mol. The van der Waals surface area contributed by atoms with Crippen LogP contribution in [-0.4, -0.2) is 58.9 Å². The number of methoxy groups -OCH3 is 4. The fraction of sp³-hybridized carbons (Fsp3) is 0.500. The Hall–Kier alpha value is -2.93. The monoisotopic (exact) mass is 455 g/mol. The van der Waals surface area contributed by atoms with Crippen molar-refractivity contribution in [2.75, 3.05) is 42.0 Å². The normalized spacial score (nSPS) is 27.0. The van der Waals surface area contributed by atoms with Gasteiger partial charge in [0.05, 0.1) is 34.0 Å². The summed E-state index contributed by atoms with van der Waals surface area (Å²) in [7, 11) is 8.65. The number of hydrogen-bond donors (Lipinski definition) is 0. The van der Waals surface area contributed by atoms with Crippen molar-refractivity contribution in [1.82, 2.24) is 4.90 Å². The largest absolute Gasteiger partial charge is 0.497 e. The van der Waals surface area contributed by atoms with Crippen LogP contribution in [0.4, 0.5) is 0 Å². The fourth-order valence-corrected chi connectivity index (χ4v) is 5.55. The lowest BCUT2D eigenvalue weighted by molar-refractivity contribution is 0.0496. The molecule has 7 heteroatoms. The second kappa shape index (κ2) is 9.51. The van der Waals surface area contributed by atoms with E-state index in [4.69, 9.17) is 23.7 Å². The highest BCUT2D eigenvalue weighted by Gasteiger charge is 2.52. The summed E-state index contributed by atoms with van der Waals surface area (Å²) in [6.45, 7) is 1.02. The lowest BCUT2D eigenvalue weighted by Crippen LogP contribution is -2.45. The van der Waals surface area contributed by atoms with Crippen molar-refractivity contribution in [3.05, 3.63) is 59.3 Å². The van der Waals surface area contributed by atoms with Gasteiger partial charge in [0.25, 0.3) is 0 Å². The van der Waals surface area contributed by atoms with E-state index in [1.54, 1.807) is 46.6 Å². The van der Waals surface area contributed by atoms with Gasteiger partial charge in [0.1, 0.15) is 11.5 Å². The number of fused-ring (bicyclic) bond motifs is 1. The molecule has 1 aliphatic heterocycles. The molecule has 1 unspecified atom stereocenters. The van der Waals surface area contributed by atoms with Gasteiger partial charge in [-0.05, 0) is 68.1 Å². The number of hydrogen-bond acceptors (Lipinski definition) is 7. The smallest absolute Gasteiger partial charge is 0.343 e. The Labute approximate surface area is 195 Å². The van der Waals surface area contributed by atoms with Gasteiger partial charge in [0.2, 0.25) is 0 Å². The average Bonchev–Trinajstić information content (AvgIpc) is 3.19. The van der Waals surface area contributed by atoms with E-state index < -0.39 is 0 Å². The van der Waals surface area contributed by atoms with Crippen molar-refractivity contribution >= 4 is 5.97 Å². The standard InChI is InChI=1S/C26H33NO6/c1-27-13-12-26(18-7-9-21(30-3)23(15-18)32-5)11-10-19(16-24(26)27)33-25(28)17-6-8-20(29-2)22(14-17)31-4/h6-10,14,18,24H,11-13,15-16H2,1-5H3/t18?,24-,26-/m0/s1. The number of rotatable bonds is 7. The SMILES string of the molecule is COC1=C(OC)CC([C@@]23CC=C(OC(=O)c4ccc(OC)c(OC)c4)C[C@@H]2N(C)CC3)C=C1. The molecule has 33 heavy (non-hydrogen) atoms. The summed E-state index contributed by atoms with van der Waals surface area (Å²) in [5.74, 6) is 3.43. The van der Waals surface area contributed by atoms with Gasteiger partial charge in [-0.25, -0.2) is 4.79 Å². The summed E-state index contributed by atoms with van der Waals surface area (Å²) in [6.07, 6.45) is 9.86. The van der Waals surface area contributed by atoms with Gasteiger partial charge in [-0.15, -0.1) is 0 Å². The predicted molar refractivity (Wildman–Crippen MR) is 124 cm³/mol. The molecule has 3 aliphatic rings. The Morgan fingerprint density at radius 2 is 1.82 bits per heavy atom. The van der Waals surface area contributed by atoms with Gasteiger partial charge >= 0.3 is 5.97 Å².